The van der Waals surface area contributed by atoms with Gasteiger partial charge in [0.2, 0.25) is 0 Å². The van der Waals surface area contributed by atoms with Gasteiger partial charge in [0.1, 0.15) is 11.9 Å². The minimum absolute atomic E-state index is 0.132. The Kier molecular flexibility index (Phi) is 2.63. The number of hydrogen-bond donors (Lipinski definition) is 1. The molecule has 0 radical (unpaired) electrons. The van der Waals surface area contributed by atoms with Crippen LogP contribution in [0.4, 0.5) is 0 Å². The Morgan fingerprint density at radius 1 is 1.47 bits per heavy atom. The zero-order valence-electron chi connectivity index (χ0n) is 9.84. The van der Waals surface area contributed by atoms with Crippen LogP contribution in [0.15, 0.2) is 23.0 Å². The van der Waals surface area contributed by atoms with Crippen molar-refractivity contribution in [3.05, 3.63) is 23.0 Å². The SMILES string of the molecule is COC1=C2CCC(C)=C[C@]2(C)CC[C@H]1O. The molecule has 84 valence electrons. The molecule has 2 heteroatoms. The Morgan fingerprint density at radius 3 is 2.87 bits per heavy atom. The van der Waals surface area contributed by atoms with Crippen molar-refractivity contribution in [3.8, 4) is 0 Å². The highest BCUT2D eigenvalue weighted by atomic mass is 16.5. The maximum atomic E-state index is 9.88. The molecule has 2 aliphatic rings. The van der Waals surface area contributed by atoms with Crippen molar-refractivity contribution < 1.29 is 9.84 Å². The van der Waals surface area contributed by atoms with Gasteiger partial charge in [-0.1, -0.05) is 18.6 Å². The van der Waals surface area contributed by atoms with Gasteiger partial charge >= 0.3 is 0 Å². The second kappa shape index (κ2) is 3.67. The third-order valence-corrected chi connectivity index (χ3v) is 3.78. The molecule has 0 bridgehead atoms. The van der Waals surface area contributed by atoms with Gasteiger partial charge < -0.3 is 9.84 Å². The van der Waals surface area contributed by atoms with Crippen molar-refractivity contribution in [3.63, 3.8) is 0 Å². The van der Waals surface area contributed by atoms with Gasteiger partial charge in [0.15, 0.2) is 0 Å². The van der Waals surface area contributed by atoms with Gasteiger partial charge in [-0.3, -0.25) is 0 Å². The highest BCUT2D eigenvalue weighted by Gasteiger charge is 2.38. The number of ether oxygens (including phenoxy) is 1. The highest BCUT2D eigenvalue weighted by Crippen LogP contribution is 2.47. The lowest BCUT2D eigenvalue weighted by atomic mass is 9.67. The van der Waals surface area contributed by atoms with Crippen LogP contribution < -0.4 is 0 Å². The van der Waals surface area contributed by atoms with Crippen LogP contribution in [0.25, 0.3) is 0 Å². The van der Waals surface area contributed by atoms with Crippen LogP contribution >= 0.6 is 0 Å². The summed E-state index contributed by atoms with van der Waals surface area (Å²) in [4.78, 5) is 0. The fourth-order valence-electron chi connectivity index (χ4n) is 2.97. The van der Waals surface area contributed by atoms with Crippen LogP contribution in [0.3, 0.4) is 0 Å². The number of allylic oxidation sites excluding steroid dienone is 3. The van der Waals surface area contributed by atoms with Crippen molar-refractivity contribution >= 4 is 0 Å². The molecule has 0 spiro atoms. The van der Waals surface area contributed by atoms with E-state index in [1.807, 2.05) is 0 Å². The van der Waals surface area contributed by atoms with Crippen LogP contribution in [0.2, 0.25) is 0 Å². The molecule has 0 heterocycles. The normalized spacial score (nSPS) is 36.0. The Bertz CT molecular complexity index is 327. The predicted molar refractivity (Wildman–Crippen MR) is 60.4 cm³/mol. The van der Waals surface area contributed by atoms with Crippen LogP contribution in [0.5, 0.6) is 0 Å². The first-order valence-electron chi connectivity index (χ1n) is 5.71. The summed E-state index contributed by atoms with van der Waals surface area (Å²) in [7, 11) is 1.67. The average molecular weight is 208 g/mol. The monoisotopic (exact) mass is 208 g/mol. The number of hydrogen-bond acceptors (Lipinski definition) is 2. The number of fused-ring (bicyclic) bond motifs is 1. The van der Waals surface area contributed by atoms with Gasteiger partial charge in [-0.05, 0) is 38.2 Å². The summed E-state index contributed by atoms with van der Waals surface area (Å²) in [5, 5.41) is 9.88. The zero-order valence-corrected chi connectivity index (χ0v) is 9.84. The summed E-state index contributed by atoms with van der Waals surface area (Å²) in [6.45, 7) is 4.45. The largest absolute Gasteiger partial charge is 0.498 e. The van der Waals surface area contributed by atoms with E-state index in [1.54, 1.807) is 7.11 Å². The quantitative estimate of drug-likeness (QED) is 0.671. The van der Waals surface area contributed by atoms with E-state index >= 15 is 0 Å². The molecule has 0 amide bonds. The summed E-state index contributed by atoms with van der Waals surface area (Å²) in [6, 6.07) is 0. The lowest BCUT2D eigenvalue weighted by Crippen LogP contribution is -2.32. The van der Waals surface area contributed by atoms with Crippen LogP contribution in [0.1, 0.15) is 39.5 Å². The summed E-state index contributed by atoms with van der Waals surface area (Å²) in [6.07, 6.45) is 5.96. The topological polar surface area (TPSA) is 29.5 Å². The van der Waals surface area contributed by atoms with E-state index in [4.69, 9.17) is 4.74 Å². The van der Waals surface area contributed by atoms with E-state index in [1.165, 1.54) is 11.1 Å². The molecule has 0 aromatic rings. The van der Waals surface area contributed by atoms with E-state index < -0.39 is 0 Å². The molecule has 15 heavy (non-hydrogen) atoms. The Labute approximate surface area is 91.6 Å². The molecule has 0 aliphatic heterocycles. The molecule has 0 fully saturated rings. The molecule has 2 nitrogen and oxygen atoms in total. The molecule has 2 aliphatic carbocycles. The smallest absolute Gasteiger partial charge is 0.124 e. The molecule has 2 rings (SSSR count). The van der Waals surface area contributed by atoms with E-state index in [-0.39, 0.29) is 11.5 Å². The average Bonchev–Trinajstić information content (AvgIpc) is 2.19. The molecule has 0 saturated heterocycles. The van der Waals surface area contributed by atoms with Crippen molar-refractivity contribution in [2.75, 3.05) is 7.11 Å². The zero-order chi connectivity index (χ0) is 11.1. The first-order valence-corrected chi connectivity index (χ1v) is 5.71. The van der Waals surface area contributed by atoms with Crippen LogP contribution in [0, 0.1) is 5.41 Å². The van der Waals surface area contributed by atoms with Crippen LogP contribution in [-0.4, -0.2) is 18.3 Å². The van der Waals surface area contributed by atoms with E-state index in [0.29, 0.717) is 0 Å². The van der Waals surface area contributed by atoms with Crippen molar-refractivity contribution in [2.45, 2.75) is 45.6 Å². The second-order valence-corrected chi connectivity index (χ2v) is 5.01. The molecule has 0 saturated carbocycles. The van der Waals surface area contributed by atoms with Gasteiger partial charge in [-0.2, -0.15) is 0 Å². The second-order valence-electron chi connectivity index (χ2n) is 5.01. The number of aliphatic hydroxyl groups is 1. The fraction of sp³-hybridized carbons (Fsp3) is 0.692. The van der Waals surface area contributed by atoms with Gasteiger partial charge in [-0.15, -0.1) is 0 Å². The lowest BCUT2D eigenvalue weighted by molar-refractivity contribution is 0.0889. The molecular formula is C13H20O2. The summed E-state index contributed by atoms with van der Waals surface area (Å²) < 4.78 is 5.37. The third kappa shape index (κ3) is 1.71. The number of rotatable bonds is 1. The minimum atomic E-state index is -0.384. The first kappa shape index (κ1) is 10.7. The molecule has 0 aromatic carbocycles. The van der Waals surface area contributed by atoms with Crippen LogP contribution in [-0.2, 0) is 4.74 Å². The van der Waals surface area contributed by atoms with E-state index in [0.717, 1.165) is 31.4 Å². The highest BCUT2D eigenvalue weighted by molar-refractivity contribution is 5.34. The predicted octanol–water partition coefficient (Wildman–Crippen LogP) is 2.79. The molecule has 0 unspecified atom stereocenters. The van der Waals surface area contributed by atoms with E-state index in [2.05, 4.69) is 19.9 Å². The number of aliphatic hydroxyl groups excluding tert-OH is 1. The van der Waals surface area contributed by atoms with Crippen molar-refractivity contribution in [2.24, 2.45) is 5.41 Å². The van der Waals surface area contributed by atoms with Gasteiger partial charge in [0.25, 0.3) is 0 Å². The fourth-order valence-corrected chi connectivity index (χ4v) is 2.97. The van der Waals surface area contributed by atoms with Gasteiger partial charge in [0.05, 0.1) is 7.11 Å². The molecule has 2 atom stereocenters. The Hall–Kier alpha value is -0.760. The lowest BCUT2D eigenvalue weighted by Gasteiger charge is -2.40. The van der Waals surface area contributed by atoms with Crippen molar-refractivity contribution in [1.29, 1.82) is 0 Å². The standard InChI is InChI=1S/C13H20O2/c1-9-4-5-10-12(15-3)11(14)6-7-13(10,2)8-9/h8,11,14H,4-7H2,1-3H3/t11-,13+/m1/s1. The first-order chi connectivity index (χ1) is 7.07. The Balaban J connectivity index is 2.46. The van der Waals surface area contributed by atoms with Gasteiger partial charge in [-0.25, -0.2) is 0 Å². The summed E-state index contributed by atoms with van der Waals surface area (Å²) in [5.41, 5.74) is 2.91. The third-order valence-electron chi connectivity index (χ3n) is 3.78. The minimum Gasteiger partial charge on any atom is -0.498 e. The van der Waals surface area contributed by atoms with Gasteiger partial charge in [0, 0.05) is 5.41 Å². The van der Waals surface area contributed by atoms with E-state index in [9.17, 15) is 5.11 Å². The van der Waals surface area contributed by atoms with Crippen molar-refractivity contribution in [1.82, 2.24) is 0 Å². The summed E-state index contributed by atoms with van der Waals surface area (Å²) >= 11 is 0. The molecular weight excluding hydrogens is 188 g/mol. The molecule has 0 aromatic heterocycles. The Morgan fingerprint density at radius 2 is 2.20 bits per heavy atom. The summed E-state index contributed by atoms with van der Waals surface area (Å²) in [5.74, 6) is 0.826. The maximum absolute atomic E-state index is 9.88. The molecule has 1 N–H and O–H groups in total. The number of methoxy groups -OCH3 is 1. The maximum Gasteiger partial charge on any atom is 0.124 e.